The summed E-state index contributed by atoms with van der Waals surface area (Å²) < 4.78 is 13.6. The molecular weight excluding hydrogens is 455 g/mol. The van der Waals surface area contributed by atoms with E-state index in [0.29, 0.717) is 35.9 Å². The highest BCUT2D eigenvalue weighted by Gasteiger charge is 2.49. The van der Waals surface area contributed by atoms with E-state index < -0.39 is 29.1 Å². The number of carboxylic acid groups (broad SMARTS) is 1. The molecule has 1 aliphatic rings. The minimum Gasteiger partial charge on any atom is -0.481 e. The predicted molar refractivity (Wildman–Crippen MR) is 130 cm³/mol. The van der Waals surface area contributed by atoms with Crippen LogP contribution in [0.2, 0.25) is 0 Å². The van der Waals surface area contributed by atoms with Crippen LogP contribution in [0.5, 0.6) is 0 Å². The molecule has 0 bridgehead atoms. The Morgan fingerprint density at radius 1 is 1.29 bits per heavy atom. The van der Waals surface area contributed by atoms with Crippen LogP contribution in [0.15, 0.2) is 36.7 Å². The molecule has 3 N–H and O–H groups in total. The number of halogens is 1. The van der Waals surface area contributed by atoms with Crippen LogP contribution in [0.4, 0.5) is 16.0 Å². The van der Waals surface area contributed by atoms with Gasteiger partial charge in [0.2, 0.25) is 5.95 Å². The summed E-state index contributed by atoms with van der Waals surface area (Å²) in [5, 5.41) is 24.7. The van der Waals surface area contributed by atoms with Crippen molar-refractivity contribution in [2.45, 2.75) is 58.7 Å². The first-order valence-electron chi connectivity index (χ1n) is 11.2. The van der Waals surface area contributed by atoms with Crippen molar-refractivity contribution in [1.82, 2.24) is 15.0 Å². The third-order valence-electron chi connectivity index (χ3n) is 6.44. The van der Waals surface area contributed by atoms with Crippen LogP contribution in [-0.4, -0.2) is 31.1 Å². The average molecular weight is 485 g/mol. The second kappa shape index (κ2) is 9.03. The number of nitrogens with zero attached hydrogens (tertiary/aromatic N) is 3. The normalized spacial score (nSPS) is 22.8. The van der Waals surface area contributed by atoms with Gasteiger partial charge in [0.05, 0.1) is 16.5 Å². The fourth-order valence-corrected chi connectivity index (χ4v) is 5.80. The Balaban J connectivity index is 1.59. The number of hydrogen-bond donors (Lipinski definition) is 3. The van der Waals surface area contributed by atoms with E-state index in [4.69, 9.17) is 0 Å². The van der Waals surface area contributed by atoms with E-state index >= 15 is 0 Å². The van der Waals surface area contributed by atoms with E-state index in [1.165, 1.54) is 24.5 Å². The maximum atomic E-state index is 13.6. The average Bonchev–Trinajstić information content (AvgIpc) is 3.24. The maximum absolute atomic E-state index is 13.6. The van der Waals surface area contributed by atoms with Gasteiger partial charge in [0.25, 0.3) is 0 Å². The molecule has 0 radical (unpaired) electrons. The van der Waals surface area contributed by atoms with Gasteiger partial charge in [-0.1, -0.05) is 19.9 Å². The Morgan fingerprint density at radius 3 is 2.74 bits per heavy atom. The molecule has 0 unspecified atom stereocenters. The van der Waals surface area contributed by atoms with E-state index in [-0.39, 0.29) is 0 Å². The molecule has 4 rings (SSSR count). The number of aliphatic carboxylic acids is 1. The lowest BCUT2D eigenvalue weighted by atomic mass is 9.63. The van der Waals surface area contributed by atoms with Crippen LogP contribution < -0.4 is 5.32 Å². The highest BCUT2D eigenvalue weighted by molar-refractivity contribution is 7.15. The summed E-state index contributed by atoms with van der Waals surface area (Å²) in [7, 11) is 0. The lowest BCUT2D eigenvalue weighted by Gasteiger charge is -2.44. The largest absolute Gasteiger partial charge is 0.481 e. The van der Waals surface area contributed by atoms with Crippen molar-refractivity contribution in [2.24, 2.45) is 11.3 Å². The number of carboxylic acids is 1. The molecule has 3 aromatic rings. The monoisotopic (exact) mass is 484 g/mol. The van der Waals surface area contributed by atoms with E-state index in [0.717, 1.165) is 21.7 Å². The molecular formula is C25H29FN4O3S. The quantitative estimate of drug-likeness (QED) is 0.407. The van der Waals surface area contributed by atoms with Gasteiger partial charge in [0.1, 0.15) is 16.8 Å². The molecule has 9 heteroatoms. The van der Waals surface area contributed by atoms with Crippen molar-refractivity contribution in [1.29, 1.82) is 0 Å². The number of benzene rings is 1. The fraction of sp³-hybridized carbons (Fsp3) is 0.440. The molecule has 1 aromatic carbocycles. The van der Waals surface area contributed by atoms with E-state index in [1.54, 1.807) is 12.3 Å². The topological polar surface area (TPSA) is 108 Å². The Morgan fingerprint density at radius 2 is 2.06 bits per heavy atom. The van der Waals surface area contributed by atoms with Crippen molar-refractivity contribution in [2.75, 3.05) is 5.32 Å². The summed E-state index contributed by atoms with van der Waals surface area (Å²) in [6.07, 6.45) is 3.19. The number of hydrogen-bond acceptors (Lipinski definition) is 7. The highest BCUT2D eigenvalue weighted by atomic mass is 32.1. The van der Waals surface area contributed by atoms with Crippen molar-refractivity contribution < 1.29 is 19.4 Å². The van der Waals surface area contributed by atoms with Gasteiger partial charge in [0, 0.05) is 18.1 Å². The number of alkyl halides is 1. The second-order valence-electron chi connectivity index (χ2n) is 9.79. The third-order valence-corrected chi connectivity index (χ3v) is 7.68. The number of anilines is 2. The Labute approximate surface area is 202 Å². The smallest absolute Gasteiger partial charge is 0.307 e. The van der Waals surface area contributed by atoms with Crippen molar-refractivity contribution in [3.8, 4) is 10.4 Å². The van der Waals surface area contributed by atoms with Crippen LogP contribution in [0.1, 0.15) is 62.5 Å². The van der Waals surface area contributed by atoms with Crippen LogP contribution in [0.25, 0.3) is 10.4 Å². The lowest BCUT2D eigenvalue weighted by Crippen LogP contribution is -2.44. The minimum atomic E-state index is -1.19. The SMILES string of the molecule is Cc1cc(Nc2nccc([C@@H](C)F)n2)cc(-c2cnc([C@@]3(O)CC[C@H](C(=O)O)C(C)(C)C3)s2)c1. The summed E-state index contributed by atoms with van der Waals surface area (Å²) in [5.74, 6) is -0.990. The molecule has 3 atom stereocenters. The molecule has 7 nitrogen and oxygen atoms in total. The van der Waals surface area contributed by atoms with Crippen LogP contribution in [0.3, 0.4) is 0 Å². The number of nitrogens with one attached hydrogen (secondary N) is 1. The molecule has 0 aliphatic heterocycles. The first-order valence-corrected chi connectivity index (χ1v) is 12.1. The van der Waals surface area contributed by atoms with Gasteiger partial charge >= 0.3 is 5.97 Å². The molecule has 0 saturated heterocycles. The third kappa shape index (κ3) is 4.95. The zero-order valence-electron chi connectivity index (χ0n) is 19.7. The number of carbonyl (C=O) groups is 1. The zero-order valence-corrected chi connectivity index (χ0v) is 20.5. The number of aryl methyl sites for hydroxylation is 1. The zero-order chi connectivity index (χ0) is 24.7. The van der Waals surface area contributed by atoms with Crippen LogP contribution >= 0.6 is 11.3 Å². The number of aromatic nitrogens is 3. The van der Waals surface area contributed by atoms with Crippen molar-refractivity contribution in [3.63, 3.8) is 0 Å². The molecule has 34 heavy (non-hydrogen) atoms. The van der Waals surface area contributed by atoms with Gasteiger partial charge in [-0.25, -0.2) is 19.3 Å². The van der Waals surface area contributed by atoms with E-state index in [1.807, 2.05) is 39.0 Å². The van der Waals surface area contributed by atoms with Crippen LogP contribution in [-0.2, 0) is 10.4 Å². The predicted octanol–water partition coefficient (Wildman–Crippen LogP) is 5.78. The summed E-state index contributed by atoms with van der Waals surface area (Å²) >= 11 is 1.41. The second-order valence-corrected chi connectivity index (χ2v) is 10.8. The molecule has 0 spiro atoms. The van der Waals surface area contributed by atoms with Crippen molar-refractivity contribution in [3.05, 3.63) is 52.9 Å². The molecule has 0 amide bonds. The molecule has 1 fully saturated rings. The summed E-state index contributed by atoms with van der Waals surface area (Å²) in [4.78, 5) is 25.5. The van der Waals surface area contributed by atoms with E-state index in [2.05, 4.69) is 20.3 Å². The van der Waals surface area contributed by atoms with Gasteiger partial charge in [0.15, 0.2) is 0 Å². The maximum Gasteiger partial charge on any atom is 0.307 e. The molecule has 1 aliphatic carbocycles. The van der Waals surface area contributed by atoms with Gasteiger partial charge in [-0.05, 0) is 67.9 Å². The van der Waals surface area contributed by atoms with Crippen LogP contribution in [0, 0.1) is 18.3 Å². The Kier molecular flexibility index (Phi) is 6.44. The van der Waals surface area contributed by atoms with Gasteiger partial charge in [-0.2, -0.15) is 0 Å². The summed E-state index contributed by atoms with van der Waals surface area (Å²) in [6, 6.07) is 7.46. The highest BCUT2D eigenvalue weighted by Crippen LogP contribution is 2.50. The standard InChI is InChI=1S/C25H29FN4O3S/c1-14-9-16(11-17(10-14)29-23-27-8-6-19(30-23)15(2)26)20-12-28-22(34-20)25(33)7-5-18(21(31)32)24(3,4)13-25/h6,8-12,15,18,33H,5,7,13H2,1-4H3,(H,31,32)(H,27,29,30)/t15-,18-,25-/m1/s1. The van der Waals surface area contributed by atoms with Gasteiger partial charge in [-0.15, -0.1) is 11.3 Å². The Bertz CT molecular complexity index is 1210. The molecule has 1 saturated carbocycles. The van der Waals surface area contributed by atoms with E-state index in [9.17, 15) is 19.4 Å². The summed E-state index contributed by atoms with van der Waals surface area (Å²) in [6.45, 7) is 7.19. The minimum absolute atomic E-state index is 0.311. The Hall–Kier alpha value is -2.91. The van der Waals surface area contributed by atoms with Gasteiger partial charge in [-0.3, -0.25) is 4.79 Å². The fourth-order valence-electron chi connectivity index (χ4n) is 4.78. The van der Waals surface area contributed by atoms with Crippen molar-refractivity contribution >= 4 is 28.9 Å². The first-order chi connectivity index (χ1) is 16.0. The first kappa shape index (κ1) is 24.2. The molecule has 2 heterocycles. The van der Waals surface area contributed by atoms with Gasteiger partial charge < -0.3 is 15.5 Å². The molecule has 2 aromatic heterocycles. The summed E-state index contributed by atoms with van der Waals surface area (Å²) in [5.41, 5.74) is 1.30. The number of thiazole rings is 1. The number of rotatable bonds is 6. The lowest BCUT2D eigenvalue weighted by molar-refractivity contribution is -0.154. The number of aliphatic hydroxyl groups is 1. The molecule has 180 valence electrons.